The number of carbonyl (C=O) groups is 2. The summed E-state index contributed by atoms with van der Waals surface area (Å²) in [4.78, 5) is 25.3. The highest BCUT2D eigenvalue weighted by Crippen LogP contribution is 2.32. The monoisotopic (exact) mass is 335 g/mol. The molecule has 1 N–H and O–H groups in total. The van der Waals surface area contributed by atoms with Gasteiger partial charge in [0, 0.05) is 24.0 Å². The Kier molecular flexibility index (Phi) is 4.91. The third kappa shape index (κ3) is 3.67. The lowest BCUT2D eigenvalue weighted by molar-refractivity contribution is -0.222. The number of hydrogen-bond acceptors (Lipinski definition) is 4. The average Bonchev–Trinajstić information content (AvgIpc) is 2.95. The molecule has 0 bridgehead atoms. The first kappa shape index (κ1) is 17.0. The highest BCUT2D eigenvalue weighted by Gasteiger charge is 2.44. The number of Topliss-reactive ketones (excluding diaryl/α,β-unsaturated/α-hetero) is 1. The van der Waals surface area contributed by atoms with Crippen LogP contribution in [0.4, 0.5) is 13.2 Å². The summed E-state index contributed by atoms with van der Waals surface area (Å²) in [6.07, 6.45) is -6.74. The number of aliphatic hydroxyl groups excluding tert-OH is 1. The van der Waals surface area contributed by atoms with Gasteiger partial charge in [-0.05, 0) is 31.7 Å². The number of rotatable bonds is 3. The molecule has 1 aliphatic rings. The normalized spacial score (nSPS) is 18.3. The maximum absolute atomic E-state index is 12.5. The molecule has 2 rings (SSSR count). The van der Waals surface area contributed by atoms with E-state index in [1.54, 1.807) is 5.38 Å². The zero-order chi connectivity index (χ0) is 16.5. The van der Waals surface area contributed by atoms with Gasteiger partial charge in [0.15, 0.2) is 11.9 Å². The molecule has 1 fully saturated rings. The van der Waals surface area contributed by atoms with Gasteiger partial charge in [-0.25, -0.2) is 0 Å². The zero-order valence-electron chi connectivity index (χ0n) is 11.9. The van der Waals surface area contributed by atoms with Crippen LogP contribution in [0.2, 0.25) is 0 Å². The summed E-state index contributed by atoms with van der Waals surface area (Å²) in [5.74, 6) is -1.29. The van der Waals surface area contributed by atoms with Crippen molar-refractivity contribution >= 4 is 23.0 Å². The van der Waals surface area contributed by atoms with Crippen molar-refractivity contribution in [3.05, 3.63) is 21.9 Å². The van der Waals surface area contributed by atoms with Crippen LogP contribution < -0.4 is 0 Å². The van der Waals surface area contributed by atoms with Crippen molar-refractivity contribution < 1.29 is 27.9 Å². The molecule has 1 aromatic rings. The van der Waals surface area contributed by atoms with E-state index in [9.17, 15) is 27.9 Å². The predicted octanol–water partition coefficient (Wildman–Crippen LogP) is 2.73. The van der Waals surface area contributed by atoms with Crippen LogP contribution in [0.25, 0.3) is 0 Å². The van der Waals surface area contributed by atoms with Gasteiger partial charge in [-0.1, -0.05) is 0 Å². The Hall–Kier alpha value is -1.41. The maximum Gasteiger partial charge on any atom is 0.414 e. The Morgan fingerprint density at radius 3 is 2.41 bits per heavy atom. The third-order valence-corrected chi connectivity index (χ3v) is 4.74. The van der Waals surface area contributed by atoms with Crippen molar-refractivity contribution in [2.24, 2.45) is 5.92 Å². The van der Waals surface area contributed by atoms with Gasteiger partial charge in [0.1, 0.15) is 0 Å². The topological polar surface area (TPSA) is 57.6 Å². The summed E-state index contributed by atoms with van der Waals surface area (Å²) in [6, 6.07) is 1.51. The smallest absolute Gasteiger partial charge is 0.383 e. The number of ketones is 1. The molecule has 1 amide bonds. The van der Waals surface area contributed by atoms with Crippen LogP contribution in [-0.4, -0.2) is 47.1 Å². The molecule has 1 atom stereocenters. The molecule has 8 heteroatoms. The van der Waals surface area contributed by atoms with E-state index in [1.807, 2.05) is 0 Å². The number of halogens is 3. The summed E-state index contributed by atoms with van der Waals surface area (Å²) < 4.78 is 37.4. The number of piperidine rings is 1. The first-order chi connectivity index (χ1) is 10.2. The number of aliphatic hydroxyl groups is 1. The zero-order valence-corrected chi connectivity index (χ0v) is 12.7. The Bertz CT molecular complexity index is 562. The molecule has 1 saturated heterocycles. The van der Waals surface area contributed by atoms with Crippen molar-refractivity contribution in [3.8, 4) is 0 Å². The summed E-state index contributed by atoms with van der Waals surface area (Å²) in [6.45, 7) is 1.74. The Labute approximate surface area is 129 Å². The van der Waals surface area contributed by atoms with Crippen LogP contribution in [0.1, 0.15) is 39.8 Å². The molecule has 1 aliphatic heterocycles. The Morgan fingerprint density at radius 1 is 1.36 bits per heavy atom. The van der Waals surface area contributed by atoms with Crippen LogP contribution in [0.3, 0.4) is 0 Å². The number of likely N-dealkylation sites (tertiary alicyclic amines) is 1. The summed E-state index contributed by atoms with van der Waals surface area (Å²) in [5, 5.41) is 10.8. The quantitative estimate of drug-likeness (QED) is 0.864. The van der Waals surface area contributed by atoms with Gasteiger partial charge >= 0.3 is 6.18 Å². The minimum Gasteiger partial charge on any atom is -0.383 e. The van der Waals surface area contributed by atoms with E-state index in [1.165, 1.54) is 17.9 Å². The fourth-order valence-corrected chi connectivity index (χ4v) is 3.39. The lowest BCUT2D eigenvalue weighted by Crippen LogP contribution is -2.45. The third-order valence-electron chi connectivity index (χ3n) is 3.83. The van der Waals surface area contributed by atoms with E-state index in [-0.39, 0.29) is 37.6 Å². The van der Waals surface area contributed by atoms with Crippen LogP contribution in [0, 0.1) is 5.92 Å². The standard InChI is InChI=1S/C14H16F3NO3S/c1-8(19)10-6-11(22-7-10)13(21)18-4-2-9(3-5-18)12(20)14(15,16)17/h6-7,9,12,20H,2-5H2,1H3. The van der Waals surface area contributed by atoms with Crippen LogP contribution in [0.15, 0.2) is 11.4 Å². The number of amides is 1. The van der Waals surface area contributed by atoms with Gasteiger partial charge in [-0.15, -0.1) is 11.3 Å². The highest BCUT2D eigenvalue weighted by molar-refractivity contribution is 7.12. The molecular formula is C14H16F3NO3S. The van der Waals surface area contributed by atoms with Gasteiger partial charge < -0.3 is 10.0 Å². The number of hydrogen-bond donors (Lipinski definition) is 1. The molecule has 1 aromatic heterocycles. The van der Waals surface area contributed by atoms with Crippen molar-refractivity contribution in [2.45, 2.75) is 32.0 Å². The number of nitrogens with zero attached hydrogens (tertiary/aromatic N) is 1. The van der Waals surface area contributed by atoms with Crippen molar-refractivity contribution in [1.29, 1.82) is 0 Å². The lowest BCUT2D eigenvalue weighted by atomic mass is 9.91. The van der Waals surface area contributed by atoms with E-state index >= 15 is 0 Å². The van der Waals surface area contributed by atoms with Crippen LogP contribution >= 0.6 is 11.3 Å². The molecule has 0 saturated carbocycles. The van der Waals surface area contributed by atoms with Crippen molar-refractivity contribution in [2.75, 3.05) is 13.1 Å². The fourth-order valence-electron chi connectivity index (χ4n) is 2.47. The van der Waals surface area contributed by atoms with Gasteiger partial charge in [-0.2, -0.15) is 13.2 Å². The van der Waals surface area contributed by atoms with Crippen molar-refractivity contribution in [3.63, 3.8) is 0 Å². The van der Waals surface area contributed by atoms with E-state index in [0.29, 0.717) is 10.4 Å². The molecule has 0 radical (unpaired) electrons. The van der Waals surface area contributed by atoms with E-state index in [4.69, 9.17) is 0 Å². The molecule has 1 unspecified atom stereocenters. The second kappa shape index (κ2) is 6.37. The number of thiophene rings is 1. The van der Waals surface area contributed by atoms with E-state index in [0.717, 1.165) is 11.3 Å². The molecule has 2 heterocycles. The van der Waals surface area contributed by atoms with E-state index in [2.05, 4.69) is 0 Å². The van der Waals surface area contributed by atoms with Crippen LogP contribution in [0.5, 0.6) is 0 Å². The average molecular weight is 335 g/mol. The first-order valence-corrected chi connectivity index (χ1v) is 7.71. The molecular weight excluding hydrogens is 319 g/mol. The fraction of sp³-hybridized carbons (Fsp3) is 0.571. The molecule has 122 valence electrons. The van der Waals surface area contributed by atoms with Gasteiger partial charge in [0.2, 0.25) is 0 Å². The Morgan fingerprint density at radius 2 is 1.95 bits per heavy atom. The minimum absolute atomic E-state index is 0.108. The minimum atomic E-state index is -4.62. The second-order valence-electron chi connectivity index (χ2n) is 5.37. The van der Waals surface area contributed by atoms with Crippen LogP contribution in [-0.2, 0) is 0 Å². The van der Waals surface area contributed by atoms with Gasteiger partial charge in [0.25, 0.3) is 5.91 Å². The highest BCUT2D eigenvalue weighted by atomic mass is 32.1. The van der Waals surface area contributed by atoms with Crippen molar-refractivity contribution in [1.82, 2.24) is 4.90 Å². The number of carbonyl (C=O) groups excluding carboxylic acids is 2. The number of alkyl halides is 3. The molecule has 4 nitrogen and oxygen atoms in total. The van der Waals surface area contributed by atoms with E-state index < -0.39 is 18.2 Å². The second-order valence-corrected chi connectivity index (χ2v) is 6.28. The molecule has 0 spiro atoms. The largest absolute Gasteiger partial charge is 0.414 e. The molecule has 0 aromatic carbocycles. The summed E-state index contributed by atoms with van der Waals surface area (Å²) >= 11 is 1.15. The SMILES string of the molecule is CC(=O)c1csc(C(=O)N2CCC(C(O)C(F)(F)F)CC2)c1. The Balaban J connectivity index is 1.96. The summed E-state index contributed by atoms with van der Waals surface area (Å²) in [5.41, 5.74) is 0.454. The van der Waals surface area contributed by atoms with Gasteiger partial charge in [0.05, 0.1) is 4.88 Å². The predicted molar refractivity (Wildman–Crippen MR) is 75.0 cm³/mol. The molecule has 0 aliphatic carbocycles. The summed E-state index contributed by atoms with van der Waals surface area (Å²) in [7, 11) is 0. The maximum atomic E-state index is 12.5. The lowest BCUT2D eigenvalue weighted by Gasteiger charge is -2.34. The van der Waals surface area contributed by atoms with Gasteiger partial charge in [-0.3, -0.25) is 9.59 Å². The molecule has 22 heavy (non-hydrogen) atoms. The first-order valence-electron chi connectivity index (χ1n) is 6.83.